The van der Waals surface area contributed by atoms with Gasteiger partial charge in [-0.25, -0.2) is 4.98 Å². The number of aromatic hydroxyl groups is 1. The summed E-state index contributed by atoms with van der Waals surface area (Å²) in [6, 6.07) is 4.93. The van der Waals surface area contributed by atoms with E-state index in [1.807, 2.05) is 17.5 Å². The summed E-state index contributed by atoms with van der Waals surface area (Å²) in [7, 11) is 0. The molecule has 0 bridgehead atoms. The third kappa shape index (κ3) is 7.28. The van der Waals surface area contributed by atoms with Crippen molar-refractivity contribution in [1.29, 1.82) is 0 Å². The Morgan fingerprint density at radius 1 is 1.26 bits per heavy atom. The molecular formula is C20H31N3O3S. The van der Waals surface area contributed by atoms with Crippen LogP contribution < -0.4 is 11.5 Å². The molecule has 1 aromatic heterocycles. The monoisotopic (exact) mass is 393 g/mol. The molecule has 0 aliphatic rings. The van der Waals surface area contributed by atoms with Crippen LogP contribution in [-0.4, -0.2) is 27.2 Å². The number of thiazole rings is 1. The van der Waals surface area contributed by atoms with Crippen LogP contribution in [0.4, 0.5) is 0 Å². The standard InChI is InChI=1S/C15H20N2OS.C5H11NO2/c1-15(2,3)11-8-10(4-5-13(11)18)9-12(16)14-17-6-7-19-14;1-3(2)4(6)5(7)8/h4-8,12,18H,9,16H2,1-3H3;3-4H,6H2,1-2H3,(H,7,8). The second kappa shape index (κ2) is 9.82. The van der Waals surface area contributed by atoms with Crippen LogP contribution in [0, 0.1) is 5.92 Å². The highest BCUT2D eigenvalue weighted by atomic mass is 32.1. The van der Waals surface area contributed by atoms with E-state index >= 15 is 0 Å². The van der Waals surface area contributed by atoms with Crippen LogP contribution >= 0.6 is 11.3 Å². The maximum atomic E-state index is 10.0. The fourth-order valence-corrected chi connectivity index (χ4v) is 3.00. The van der Waals surface area contributed by atoms with E-state index in [0.29, 0.717) is 5.75 Å². The molecule has 0 saturated carbocycles. The maximum absolute atomic E-state index is 10.0. The third-order valence-electron chi connectivity index (χ3n) is 4.10. The summed E-state index contributed by atoms with van der Waals surface area (Å²) in [5.74, 6) is -0.563. The topological polar surface area (TPSA) is 122 Å². The van der Waals surface area contributed by atoms with E-state index in [9.17, 15) is 9.90 Å². The molecule has 0 aliphatic carbocycles. The van der Waals surface area contributed by atoms with Crippen molar-refractivity contribution < 1.29 is 15.0 Å². The molecule has 0 aliphatic heterocycles. The average Bonchev–Trinajstić information content (AvgIpc) is 3.10. The molecule has 0 amide bonds. The van der Waals surface area contributed by atoms with E-state index in [4.69, 9.17) is 16.6 Å². The summed E-state index contributed by atoms with van der Waals surface area (Å²) in [4.78, 5) is 14.3. The van der Waals surface area contributed by atoms with Crippen molar-refractivity contribution in [2.24, 2.45) is 17.4 Å². The number of carbonyl (C=O) groups is 1. The number of nitrogens with zero attached hydrogens (tertiary/aromatic N) is 1. The van der Waals surface area contributed by atoms with Crippen molar-refractivity contribution in [2.45, 2.75) is 58.5 Å². The number of phenols is 1. The van der Waals surface area contributed by atoms with Gasteiger partial charge in [-0.2, -0.15) is 0 Å². The Morgan fingerprint density at radius 3 is 2.30 bits per heavy atom. The smallest absolute Gasteiger partial charge is 0.320 e. The number of hydrogen-bond donors (Lipinski definition) is 4. The number of carboxylic acids is 1. The van der Waals surface area contributed by atoms with Gasteiger partial charge in [-0.15, -0.1) is 11.3 Å². The Balaban J connectivity index is 0.000000387. The Hall–Kier alpha value is -1.96. The van der Waals surface area contributed by atoms with Crippen molar-refractivity contribution in [3.05, 3.63) is 45.9 Å². The van der Waals surface area contributed by atoms with Gasteiger partial charge in [0.15, 0.2) is 0 Å². The molecule has 1 heterocycles. The minimum Gasteiger partial charge on any atom is -0.508 e. The number of carboxylic acid groups (broad SMARTS) is 1. The lowest BCUT2D eigenvalue weighted by atomic mass is 9.85. The molecular weight excluding hydrogens is 362 g/mol. The first-order valence-electron chi connectivity index (χ1n) is 8.89. The lowest BCUT2D eigenvalue weighted by Crippen LogP contribution is -2.34. The summed E-state index contributed by atoms with van der Waals surface area (Å²) >= 11 is 1.58. The van der Waals surface area contributed by atoms with E-state index in [2.05, 4.69) is 25.8 Å². The van der Waals surface area contributed by atoms with Crippen LogP contribution in [-0.2, 0) is 16.6 Å². The average molecular weight is 394 g/mol. The van der Waals surface area contributed by atoms with Crippen LogP contribution in [0.2, 0.25) is 0 Å². The molecule has 6 N–H and O–H groups in total. The number of nitrogens with two attached hydrogens (primary N) is 2. The first-order valence-corrected chi connectivity index (χ1v) is 9.77. The molecule has 0 radical (unpaired) electrons. The van der Waals surface area contributed by atoms with Crippen molar-refractivity contribution in [3.63, 3.8) is 0 Å². The number of rotatable bonds is 5. The minimum atomic E-state index is -0.931. The second-order valence-corrected chi connectivity index (χ2v) is 8.82. The van der Waals surface area contributed by atoms with E-state index in [-0.39, 0.29) is 17.4 Å². The highest BCUT2D eigenvalue weighted by Crippen LogP contribution is 2.32. The van der Waals surface area contributed by atoms with Crippen LogP contribution in [0.25, 0.3) is 0 Å². The van der Waals surface area contributed by atoms with Crippen LogP contribution in [0.3, 0.4) is 0 Å². The molecule has 2 atom stereocenters. The molecule has 150 valence electrons. The van der Waals surface area contributed by atoms with Gasteiger partial charge in [-0.05, 0) is 34.9 Å². The molecule has 0 saturated heterocycles. The predicted molar refractivity (Wildman–Crippen MR) is 110 cm³/mol. The normalized spacial score (nSPS) is 13.6. The molecule has 7 heteroatoms. The molecule has 0 spiro atoms. The summed E-state index contributed by atoms with van der Waals surface area (Å²) in [6.45, 7) is 9.82. The fourth-order valence-electron chi connectivity index (χ4n) is 2.35. The van der Waals surface area contributed by atoms with Crippen molar-refractivity contribution in [1.82, 2.24) is 4.98 Å². The predicted octanol–water partition coefficient (Wildman–Crippen LogP) is 3.44. The van der Waals surface area contributed by atoms with E-state index in [1.165, 1.54) is 0 Å². The molecule has 2 rings (SSSR count). The summed E-state index contributed by atoms with van der Waals surface area (Å²) < 4.78 is 0. The first kappa shape index (κ1) is 23.1. The number of phenolic OH excluding ortho intramolecular Hbond substituents is 1. The summed E-state index contributed by atoms with van der Waals surface area (Å²) in [5.41, 5.74) is 13.3. The molecule has 1 aromatic carbocycles. The minimum absolute atomic E-state index is 0.0208. The van der Waals surface area contributed by atoms with Gasteiger partial charge >= 0.3 is 5.97 Å². The largest absolute Gasteiger partial charge is 0.508 e. The Labute approximate surface area is 165 Å². The number of aromatic nitrogens is 1. The van der Waals surface area contributed by atoms with Gasteiger partial charge in [0.2, 0.25) is 0 Å². The van der Waals surface area contributed by atoms with Gasteiger partial charge in [-0.3, -0.25) is 4.79 Å². The van der Waals surface area contributed by atoms with E-state index in [1.54, 1.807) is 37.4 Å². The highest BCUT2D eigenvalue weighted by molar-refractivity contribution is 7.09. The maximum Gasteiger partial charge on any atom is 0.320 e. The van der Waals surface area contributed by atoms with Gasteiger partial charge in [0.05, 0.1) is 6.04 Å². The Bertz CT molecular complexity index is 725. The lowest BCUT2D eigenvalue weighted by molar-refractivity contribution is -0.139. The highest BCUT2D eigenvalue weighted by Gasteiger charge is 2.19. The summed E-state index contributed by atoms with van der Waals surface area (Å²) in [5, 5.41) is 21.1. The van der Waals surface area contributed by atoms with Crippen LogP contribution in [0.5, 0.6) is 5.75 Å². The lowest BCUT2D eigenvalue weighted by Gasteiger charge is -2.21. The van der Waals surface area contributed by atoms with E-state index < -0.39 is 12.0 Å². The van der Waals surface area contributed by atoms with Gasteiger partial charge < -0.3 is 21.7 Å². The van der Waals surface area contributed by atoms with Crippen LogP contribution in [0.1, 0.15) is 56.8 Å². The van der Waals surface area contributed by atoms with Gasteiger partial charge in [0.25, 0.3) is 0 Å². The van der Waals surface area contributed by atoms with Gasteiger partial charge in [0, 0.05) is 11.6 Å². The molecule has 0 fully saturated rings. The number of aliphatic carboxylic acids is 1. The third-order valence-corrected chi connectivity index (χ3v) is 5.00. The van der Waals surface area contributed by atoms with Crippen molar-refractivity contribution >= 4 is 17.3 Å². The SMILES string of the molecule is CC(C)(C)c1cc(CC(N)c2nccs2)ccc1O.CC(C)C(N)C(=O)O. The second-order valence-electron chi connectivity index (χ2n) is 7.89. The first-order chi connectivity index (χ1) is 12.4. The Morgan fingerprint density at radius 2 is 1.89 bits per heavy atom. The zero-order chi connectivity index (χ0) is 20.8. The van der Waals surface area contributed by atoms with Crippen LogP contribution in [0.15, 0.2) is 29.8 Å². The van der Waals surface area contributed by atoms with Gasteiger partial charge in [-0.1, -0.05) is 46.8 Å². The number of benzene rings is 1. The van der Waals surface area contributed by atoms with E-state index in [0.717, 1.165) is 22.6 Å². The molecule has 27 heavy (non-hydrogen) atoms. The zero-order valence-electron chi connectivity index (χ0n) is 16.6. The number of hydrogen-bond acceptors (Lipinski definition) is 6. The summed E-state index contributed by atoms with van der Waals surface area (Å²) in [6.07, 6.45) is 2.51. The van der Waals surface area contributed by atoms with Gasteiger partial charge in [0.1, 0.15) is 16.8 Å². The molecule has 2 unspecified atom stereocenters. The quantitative estimate of drug-likeness (QED) is 0.617. The van der Waals surface area contributed by atoms with Crippen molar-refractivity contribution in [2.75, 3.05) is 0 Å². The molecule has 2 aromatic rings. The Kier molecular flexibility index (Phi) is 8.40. The molecule has 6 nitrogen and oxygen atoms in total. The zero-order valence-corrected chi connectivity index (χ0v) is 17.5. The fraction of sp³-hybridized carbons (Fsp3) is 0.500. The van der Waals surface area contributed by atoms with Crippen molar-refractivity contribution in [3.8, 4) is 5.75 Å².